The van der Waals surface area contributed by atoms with Gasteiger partial charge in [-0.3, -0.25) is 0 Å². The standard InChI is InChI=1S/C36H68N2O6/c1-3-5-7-9-10-11-12-13-14-15-16-17-18-19-20-21-26-42-32-35(44-27-22-8-6-4-2)33-43-30-29-41-28-25-37-23-24-38(34-37)31-36(39)40/h23-24,31,35H,3-22,25-30,32-34H2,1-2H3/p+1. The van der Waals surface area contributed by atoms with Gasteiger partial charge in [-0.05, 0) is 12.8 Å². The fourth-order valence-electron chi connectivity index (χ4n) is 5.36. The Kier molecular flexibility index (Phi) is 29.0. The molecule has 0 saturated carbocycles. The molecule has 0 aromatic heterocycles. The first kappa shape index (κ1) is 40.5. The average Bonchev–Trinajstić information content (AvgIpc) is 3.45. The minimum absolute atomic E-state index is 0.0381. The highest BCUT2D eigenvalue weighted by Gasteiger charge is 2.16. The van der Waals surface area contributed by atoms with E-state index in [9.17, 15) is 4.79 Å². The summed E-state index contributed by atoms with van der Waals surface area (Å²) < 4.78 is 25.3. The SMILES string of the molecule is CCCCCCCCCCCCCCCCCCOCC(COCCOCCN1C=C[N+](=CC(=O)O)C1)OCCCCCC. The predicted octanol–water partition coefficient (Wildman–Crippen LogP) is 8.18. The quantitative estimate of drug-likeness (QED) is 0.0571. The smallest absolute Gasteiger partial charge is 0.393 e. The van der Waals surface area contributed by atoms with Crippen molar-refractivity contribution in [2.45, 2.75) is 148 Å². The summed E-state index contributed by atoms with van der Waals surface area (Å²) in [7, 11) is 0. The molecule has 1 unspecified atom stereocenters. The maximum atomic E-state index is 10.8. The van der Waals surface area contributed by atoms with E-state index in [1.807, 2.05) is 11.1 Å². The number of ether oxygens (including phenoxy) is 4. The van der Waals surface area contributed by atoms with Crippen molar-refractivity contribution in [2.24, 2.45) is 0 Å². The van der Waals surface area contributed by atoms with Gasteiger partial charge in [-0.2, -0.15) is 4.58 Å². The number of hydrogen-bond donors (Lipinski definition) is 1. The third-order valence-corrected chi connectivity index (χ3v) is 8.09. The number of carbonyl (C=O) groups is 1. The summed E-state index contributed by atoms with van der Waals surface area (Å²) in [6, 6.07) is 0. The molecule has 1 N–H and O–H groups in total. The second-order valence-corrected chi connectivity index (χ2v) is 12.4. The zero-order valence-electron chi connectivity index (χ0n) is 28.7. The monoisotopic (exact) mass is 626 g/mol. The molecule has 0 aromatic rings. The molecule has 1 aliphatic heterocycles. The van der Waals surface area contributed by atoms with Crippen LogP contribution >= 0.6 is 0 Å². The fraction of sp³-hybridized carbons (Fsp3) is 0.889. The summed E-state index contributed by atoms with van der Waals surface area (Å²) in [6.45, 7) is 10.00. The first-order chi connectivity index (χ1) is 21.7. The molecule has 8 heteroatoms. The molecule has 0 spiro atoms. The van der Waals surface area contributed by atoms with Gasteiger partial charge in [0, 0.05) is 19.8 Å². The van der Waals surface area contributed by atoms with Gasteiger partial charge in [-0.1, -0.05) is 129 Å². The lowest BCUT2D eigenvalue weighted by atomic mass is 10.0. The molecule has 1 rings (SSSR count). The molecule has 1 aliphatic rings. The Morgan fingerprint density at radius 2 is 1.16 bits per heavy atom. The van der Waals surface area contributed by atoms with Gasteiger partial charge >= 0.3 is 5.97 Å². The molecule has 0 bridgehead atoms. The fourth-order valence-corrected chi connectivity index (χ4v) is 5.36. The van der Waals surface area contributed by atoms with Crippen LogP contribution in [0.25, 0.3) is 0 Å². The summed E-state index contributed by atoms with van der Waals surface area (Å²) >= 11 is 0. The van der Waals surface area contributed by atoms with Crippen LogP contribution in [-0.4, -0.2) is 92.3 Å². The second kappa shape index (κ2) is 31.5. The van der Waals surface area contributed by atoms with Crippen molar-refractivity contribution in [2.75, 3.05) is 59.5 Å². The molecule has 1 atom stereocenters. The molecule has 258 valence electrons. The van der Waals surface area contributed by atoms with Crippen LogP contribution in [0.3, 0.4) is 0 Å². The highest BCUT2D eigenvalue weighted by molar-refractivity contribution is 6.19. The van der Waals surface area contributed by atoms with Crippen LogP contribution in [0.15, 0.2) is 12.4 Å². The van der Waals surface area contributed by atoms with E-state index in [4.69, 9.17) is 24.1 Å². The van der Waals surface area contributed by atoms with E-state index in [2.05, 4.69) is 13.8 Å². The second-order valence-electron chi connectivity index (χ2n) is 12.4. The van der Waals surface area contributed by atoms with Gasteiger partial charge in [0.15, 0.2) is 6.20 Å². The van der Waals surface area contributed by atoms with Crippen molar-refractivity contribution in [1.29, 1.82) is 0 Å². The zero-order chi connectivity index (χ0) is 31.8. The Balaban J connectivity index is 2.00. The Bertz CT molecular complexity index is 702. The van der Waals surface area contributed by atoms with E-state index in [1.54, 1.807) is 10.8 Å². The average molecular weight is 626 g/mol. The number of hydrogen-bond acceptors (Lipinski definition) is 6. The number of carboxylic acid groups (broad SMARTS) is 1. The molecular formula is C36H69N2O6+. The van der Waals surface area contributed by atoms with E-state index < -0.39 is 5.97 Å². The lowest BCUT2D eigenvalue weighted by Crippen LogP contribution is -2.28. The number of nitrogens with zero attached hydrogens (tertiary/aromatic N) is 2. The third kappa shape index (κ3) is 26.9. The molecule has 0 radical (unpaired) electrons. The molecule has 44 heavy (non-hydrogen) atoms. The molecular weight excluding hydrogens is 556 g/mol. The maximum absolute atomic E-state index is 10.8. The minimum Gasteiger partial charge on any atom is -0.474 e. The Morgan fingerprint density at radius 1 is 0.682 bits per heavy atom. The lowest BCUT2D eigenvalue weighted by molar-refractivity contribution is -0.458. The van der Waals surface area contributed by atoms with Crippen molar-refractivity contribution in [3.05, 3.63) is 12.4 Å². The molecule has 8 nitrogen and oxygen atoms in total. The highest BCUT2D eigenvalue weighted by atomic mass is 16.6. The molecule has 0 aromatic carbocycles. The minimum atomic E-state index is -0.946. The normalized spacial score (nSPS) is 14.7. The summed E-state index contributed by atoms with van der Waals surface area (Å²) in [5, 5.41) is 8.83. The van der Waals surface area contributed by atoms with Crippen molar-refractivity contribution in [3.8, 4) is 0 Å². The zero-order valence-corrected chi connectivity index (χ0v) is 28.7. The van der Waals surface area contributed by atoms with E-state index >= 15 is 0 Å². The van der Waals surface area contributed by atoms with Crippen molar-refractivity contribution >= 4 is 12.2 Å². The molecule has 0 amide bonds. The number of rotatable bonds is 34. The van der Waals surface area contributed by atoms with Crippen LogP contribution in [0.1, 0.15) is 142 Å². The molecule has 0 fully saturated rings. The van der Waals surface area contributed by atoms with Gasteiger partial charge in [-0.25, -0.2) is 4.79 Å². The van der Waals surface area contributed by atoms with E-state index in [0.717, 1.165) is 32.3 Å². The molecule has 1 heterocycles. The number of unbranched alkanes of at least 4 members (excludes halogenated alkanes) is 18. The Hall–Kier alpha value is -1.48. The van der Waals surface area contributed by atoms with Crippen LogP contribution in [0, 0.1) is 0 Å². The Morgan fingerprint density at radius 3 is 1.73 bits per heavy atom. The maximum Gasteiger partial charge on any atom is 0.393 e. The summed E-state index contributed by atoms with van der Waals surface area (Å²) in [5.74, 6) is -0.946. The topological polar surface area (TPSA) is 80.5 Å². The first-order valence-corrected chi connectivity index (χ1v) is 18.3. The van der Waals surface area contributed by atoms with E-state index in [1.165, 1.54) is 116 Å². The predicted molar refractivity (Wildman–Crippen MR) is 181 cm³/mol. The van der Waals surface area contributed by atoms with Gasteiger partial charge in [0.1, 0.15) is 6.10 Å². The molecule has 0 aliphatic carbocycles. The largest absolute Gasteiger partial charge is 0.474 e. The van der Waals surface area contributed by atoms with Crippen LogP contribution < -0.4 is 0 Å². The Labute approximate surface area is 270 Å². The van der Waals surface area contributed by atoms with Gasteiger partial charge in [0.05, 0.1) is 39.2 Å². The number of aliphatic carboxylic acids is 1. The van der Waals surface area contributed by atoms with Crippen LogP contribution in [0.5, 0.6) is 0 Å². The van der Waals surface area contributed by atoms with E-state index in [-0.39, 0.29) is 6.10 Å². The molecule has 0 saturated heterocycles. The van der Waals surface area contributed by atoms with Gasteiger partial charge in [-0.15, -0.1) is 0 Å². The summed E-state index contributed by atoms with van der Waals surface area (Å²) in [5.41, 5.74) is 0. The van der Waals surface area contributed by atoms with Crippen LogP contribution in [0.4, 0.5) is 0 Å². The first-order valence-electron chi connectivity index (χ1n) is 18.3. The van der Waals surface area contributed by atoms with Gasteiger partial charge in [0.25, 0.3) is 6.21 Å². The van der Waals surface area contributed by atoms with Crippen LogP contribution in [-0.2, 0) is 23.7 Å². The van der Waals surface area contributed by atoms with Crippen LogP contribution in [0.2, 0.25) is 0 Å². The number of carboxylic acids is 1. The van der Waals surface area contributed by atoms with Gasteiger partial charge in [0.2, 0.25) is 6.67 Å². The van der Waals surface area contributed by atoms with Crippen molar-refractivity contribution < 1.29 is 33.4 Å². The van der Waals surface area contributed by atoms with E-state index in [0.29, 0.717) is 46.2 Å². The highest BCUT2D eigenvalue weighted by Crippen LogP contribution is 2.14. The summed E-state index contributed by atoms with van der Waals surface area (Å²) in [6.07, 6.45) is 31.6. The lowest BCUT2D eigenvalue weighted by Gasteiger charge is -2.18. The summed E-state index contributed by atoms with van der Waals surface area (Å²) in [4.78, 5) is 12.8. The van der Waals surface area contributed by atoms with Gasteiger partial charge < -0.3 is 29.0 Å². The van der Waals surface area contributed by atoms with Crippen molar-refractivity contribution in [1.82, 2.24) is 4.90 Å². The third-order valence-electron chi connectivity index (χ3n) is 8.09. The van der Waals surface area contributed by atoms with Crippen molar-refractivity contribution in [3.63, 3.8) is 0 Å².